The highest BCUT2D eigenvalue weighted by atomic mass is 19.3. The van der Waals surface area contributed by atoms with Crippen molar-refractivity contribution in [3.8, 4) is 5.75 Å². The van der Waals surface area contributed by atoms with E-state index in [1.54, 1.807) is 27.7 Å². The van der Waals surface area contributed by atoms with Gasteiger partial charge in [0.05, 0.1) is 5.60 Å². The number of hydrogen-bond acceptors (Lipinski definition) is 5. The molecule has 1 aromatic carbocycles. The highest BCUT2D eigenvalue weighted by Gasteiger charge is 2.51. The molecule has 0 spiro atoms. The van der Waals surface area contributed by atoms with Crippen molar-refractivity contribution < 1.29 is 36.6 Å². The number of amides is 1. The van der Waals surface area contributed by atoms with Gasteiger partial charge in [-0.05, 0) is 38.0 Å². The number of ether oxygens (including phenoxy) is 2. The van der Waals surface area contributed by atoms with Crippen molar-refractivity contribution in [2.45, 2.75) is 58.4 Å². The van der Waals surface area contributed by atoms with E-state index in [-0.39, 0.29) is 29.1 Å². The summed E-state index contributed by atoms with van der Waals surface area (Å²) in [5.74, 6) is -6.14. The quantitative estimate of drug-likeness (QED) is 0.453. The molecule has 1 N–H and O–H groups in total. The molecule has 1 saturated heterocycles. The van der Waals surface area contributed by atoms with Gasteiger partial charge < -0.3 is 14.8 Å². The molecule has 1 aromatic heterocycles. The number of nitrogens with zero attached hydrogens (tertiary/aromatic N) is 1. The molecule has 10 heteroatoms. The van der Waals surface area contributed by atoms with Crippen LogP contribution in [0.1, 0.15) is 56.1 Å². The van der Waals surface area contributed by atoms with Gasteiger partial charge >= 0.3 is 6.61 Å². The van der Waals surface area contributed by atoms with E-state index in [0.29, 0.717) is 0 Å². The minimum atomic E-state index is -3.40. The van der Waals surface area contributed by atoms with Crippen molar-refractivity contribution >= 4 is 17.4 Å². The Hall–Kier alpha value is -3.01. The van der Waals surface area contributed by atoms with Crippen molar-refractivity contribution in [2.24, 2.45) is 5.92 Å². The second kappa shape index (κ2) is 9.46. The third-order valence-electron chi connectivity index (χ3n) is 5.93. The maximum atomic E-state index is 14.4. The number of pyridine rings is 1. The number of hydrogen-bond donors (Lipinski definition) is 1. The fourth-order valence-electron chi connectivity index (χ4n) is 3.93. The van der Waals surface area contributed by atoms with E-state index in [0.717, 1.165) is 12.1 Å². The lowest BCUT2D eigenvalue weighted by molar-refractivity contribution is -0.131. The fourth-order valence-corrected chi connectivity index (χ4v) is 3.93. The molecule has 2 aromatic rings. The van der Waals surface area contributed by atoms with Gasteiger partial charge in [0.2, 0.25) is 5.82 Å². The highest BCUT2D eigenvalue weighted by Crippen LogP contribution is 2.49. The number of alkyl halides is 2. The van der Waals surface area contributed by atoms with Gasteiger partial charge in [0.1, 0.15) is 11.8 Å². The van der Waals surface area contributed by atoms with Crippen LogP contribution in [0.15, 0.2) is 30.5 Å². The Morgan fingerprint density at radius 3 is 2.58 bits per heavy atom. The maximum absolute atomic E-state index is 14.4. The molecule has 3 rings (SSSR count). The smallest absolute Gasteiger partial charge is 0.387 e. The number of carbonyl (C=O) groups is 2. The van der Waals surface area contributed by atoms with Crippen LogP contribution < -0.4 is 10.1 Å². The van der Waals surface area contributed by atoms with Crippen molar-refractivity contribution in [2.75, 3.05) is 5.32 Å². The third kappa shape index (κ3) is 5.00. The van der Waals surface area contributed by atoms with Gasteiger partial charge in [-0.3, -0.25) is 14.6 Å². The van der Waals surface area contributed by atoms with Crippen LogP contribution in [0.4, 0.5) is 23.2 Å². The van der Waals surface area contributed by atoms with E-state index < -0.39 is 53.4 Å². The fraction of sp³-hybridized carbons (Fsp3) is 0.435. The number of nitrogens with one attached hydrogen (secondary N) is 1. The van der Waals surface area contributed by atoms with Crippen molar-refractivity contribution in [3.05, 3.63) is 53.4 Å². The predicted octanol–water partition coefficient (Wildman–Crippen LogP) is 5.09. The van der Waals surface area contributed by atoms with Crippen LogP contribution >= 0.6 is 0 Å². The predicted molar refractivity (Wildman–Crippen MR) is 111 cm³/mol. The van der Waals surface area contributed by atoms with E-state index in [1.165, 1.54) is 18.3 Å². The van der Waals surface area contributed by atoms with Gasteiger partial charge in [0.25, 0.3) is 5.91 Å². The Kier molecular flexibility index (Phi) is 7.06. The summed E-state index contributed by atoms with van der Waals surface area (Å²) in [5.41, 5.74) is -0.563. The number of Topliss-reactive ketones (excluding diaryl/α,β-unsaturated/α-hetero) is 1. The molecule has 1 amide bonds. The molecule has 178 valence electrons. The van der Waals surface area contributed by atoms with Gasteiger partial charge in [-0.1, -0.05) is 19.9 Å². The number of anilines is 1. The standard InChI is InChI=1S/C23H24F4N2O4/c1-5-16(30)15-10-12(8-9-28-15)29-21(31)20-17(11(2)23(3,4)33-20)13-6-7-14(24)18(25)19(13)32-22(26)27/h6-11,17,20,22H,5H2,1-4H3,(H,28,29,31)/t11-,17+,20+/m1/s1. The average molecular weight is 468 g/mol. The normalized spacial score (nSPS) is 21.8. The summed E-state index contributed by atoms with van der Waals surface area (Å²) < 4.78 is 64.4. The van der Waals surface area contributed by atoms with Crippen LogP contribution in [0.5, 0.6) is 5.75 Å². The van der Waals surface area contributed by atoms with E-state index in [9.17, 15) is 27.2 Å². The first-order valence-corrected chi connectivity index (χ1v) is 10.4. The van der Waals surface area contributed by atoms with Crippen LogP contribution in [0.2, 0.25) is 0 Å². The molecular formula is C23H24F4N2O4. The first-order valence-electron chi connectivity index (χ1n) is 10.4. The van der Waals surface area contributed by atoms with Gasteiger partial charge in [0, 0.05) is 29.8 Å². The number of benzene rings is 1. The molecule has 33 heavy (non-hydrogen) atoms. The Labute approximate surface area is 188 Å². The number of ketones is 1. The Balaban J connectivity index is 1.99. The van der Waals surface area contributed by atoms with Gasteiger partial charge in [0.15, 0.2) is 17.3 Å². The van der Waals surface area contributed by atoms with Crippen molar-refractivity contribution in [1.82, 2.24) is 4.98 Å². The zero-order valence-electron chi connectivity index (χ0n) is 18.5. The molecule has 6 nitrogen and oxygen atoms in total. The summed E-state index contributed by atoms with van der Waals surface area (Å²) in [6, 6.07) is 4.80. The topological polar surface area (TPSA) is 77.5 Å². The SMILES string of the molecule is CCC(=O)c1cc(NC(=O)[C@H]2OC(C)(C)[C@H](C)[C@H]2c2ccc(F)c(F)c2OC(F)F)ccn1. The van der Waals surface area contributed by atoms with E-state index >= 15 is 0 Å². The van der Waals surface area contributed by atoms with Crippen molar-refractivity contribution in [1.29, 1.82) is 0 Å². The van der Waals surface area contributed by atoms with E-state index in [2.05, 4.69) is 15.0 Å². The number of rotatable bonds is 7. The summed E-state index contributed by atoms with van der Waals surface area (Å²) in [6.45, 7) is 3.41. The summed E-state index contributed by atoms with van der Waals surface area (Å²) in [5, 5.41) is 2.63. The zero-order valence-corrected chi connectivity index (χ0v) is 18.5. The molecule has 0 unspecified atom stereocenters. The highest BCUT2D eigenvalue weighted by molar-refractivity contribution is 5.98. The first kappa shape index (κ1) is 24.6. The van der Waals surface area contributed by atoms with Gasteiger partial charge in [-0.25, -0.2) is 4.39 Å². The molecule has 1 aliphatic rings. The lowest BCUT2D eigenvalue weighted by Crippen LogP contribution is -2.33. The van der Waals surface area contributed by atoms with Crippen LogP contribution in [0.3, 0.4) is 0 Å². The molecule has 2 heterocycles. The summed E-state index contributed by atoms with van der Waals surface area (Å²) >= 11 is 0. The van der Waals surface area contributed by atoms with E-state index in [4.69, 9.17) is 4.74 Å². The monoisotopic (exact) mass is 468 g/mol. The molecule has 0 aliphatic carbocycles. The molecule has 1 fully saturated rings. The largest absolute Gasteiger partial charge is 0.431 e. The molecule has 0 radical (unpaired) electrons. The minimum Gasteiger partial charge on any atom is -0.431 e. The zero-order chi connectivity index (χ0) is 24.5. The van der Waals surface area contributed by atoms with Gasteiger partial charge in [-0.15, -0.1) is 0 Å². The van der Waals surface area contributed by atoms with Crippen LogP contribution in [0, 0.1) is 17.6 Å². The lowest BCUT2D eigenvalue weighted by Gasteiger charge is -2.26. The first-order chi connectivity index (χ1) is 15.5. The second-order valence-corrected chi connectivity index (χ2v) is 8.31. The average Bonchev–Trinajstić information content (AvgIpc) is 3.00. The Morgan fingerprint density at radius 2 is 1.94 bits per heavy atom. The van der Waals surface area contributed by atoms with Crippen molar-refractivity contribution in [3.63, 3.8) is 0 Å². The van der Waals surface area contributed by atoms with E-state index in [1.807, 2.05) is 0 Å². The summed E-state index contributed by atoms with van der Waals surface area (Å²) in [6.07, 6.45) is 0.355. The summed E-state index contributed by atoms with van der Waals surface area (Å²) in [4.78, 5) is 29.1. The second-order valence-electron chi connectivity index (χ2n) is 8.31. The third-order valence-corrected chi connectivity index (χ3v) is 5.93. The Bertz CT molecular complexity index is 1060. The number of carbonyl (C=O) groups excluding carboxylic acids is 2. The molecular weight excluding hydrogens is 444 g/mol. The van der Waals surface area contributed by atoms with Gasteiger partial charge in [-0.2, -0.15) is 13.2 Å². The maximum Gasteiger partial charge on any atom is 0.387 e. The molecule has 1 aliphatic heterocycles. The minimum absolute atomic E-state index is 0.107. The number of halogens is 4. The lowest BCUT2D eigenvalue weighted by atomic mass is 9.78. The van der Waals surface area contributed by atoms with Crippen LogP contribution in [-0.2, 0) is 9.53 Å². The molecule has 0 bridgehead atoms. The van der Waals surface area contributed by atoms with Crippen LogP contribution in [-0.4, -0.2) is 35.0 Å². The van der Waals surface area contributed by atoms with Crippen LogP contribution in [0.25, 0.3) is 0 Å². The number of aromatic nitrogens is 1. The molecule has 3 atom stereocenters. The Morgan fingerprint density at radius 1 is 1.24 bits per heavy atom. The molecule has 0 saturated carbocycles. The summed E-state index contributed by atoms with van der Waals surface area (Å²) in [7, 11) is 0.